The quantitative estimate of drug-likeness (QED) is 0.179. The van der Waals surface area contributed by atoms with Gasteiger partial charge < -0.3 is 19.5 Å². The Labute approximate surface area is 230 Å². The molecule has 1 aliphatic heterocycles. The first-order valence-corrected chi connectivity index (χ1v) is 13.5. The largest absolute Gasteiger partial charge is 0.507 e. The van der Waals surface area contributed by atoms with Crippen LogP contribution in [-0.4, -0.2) is 34.9 Å². The lowest BCUT2D eigenvalue weighted by Crippen LogP contribution is -2.29. The minimum atomic E-state index is -0.724. The van der Waals surface area contributed by atoms with Gasteiger partial charge >= 0.3 is 0 Å². The molecule has 3 aromatic rings. The van der Waals surface area contributed by atoms with Crippen molar-refractivity contribution >= 4 is 17.4 Å². The summed E-state index contributed by atoms with van der Waals surface area (Å²) in [6, 6.07) is 19.8. The Morgan fingerprint density at radius 3 is 2.36 bits per heavy atom. The third kappa shape index (κ3) is 6.33. The van der Waals surface area contributed by atoms with Crippen LogP contribution in [0.3, 0.4) is 0 Å². The van der Waals surface area contributed by atoms with Crippen LogP contribution in [0.15, 0.2) is 72.3 Å². The molecule has 1 unspecified atom stereocenters. The fraction of sp³-hybridized carbons (Fsp3) is 0.333. The summed E-state index contributed by atoms with van der Waals surface area (Å²) in [5.74, 6) is 0.374. The molecule has 0 aromatic heterocycles. The van der Waals surface area contributed by atoms with E-state index in [0.717, 1.165) is 40.2 Å². The molecule has 4 rings (SSSR count). The van der Waals surface area contributed by atoms with E-state index in [4.69, 9.17) is 9.47 Å². The number of hydrogen-bond acceptors (Lipinski definition) is 5. The maximum atomic E-state index is 13.4. The Bertz CT molecular complexity index is 1370. The summed E-state index contributed by atoms with van der Waals surface area (Å²) < 4.78 is 11.6. The number of likely N-dealkylation sites (tertiary alicyclic amines) is 1. The monoisotopic (exact) mass is 527 g/mol. The summed E-state index contributed by atoms with van der Waals surface area (Å²) >= 11 is 0. The van der Waals surface area contributed by atoms with Crippen LogP contribution in [0.5, 0.6) is 11.5 Å². The molecule has 0 saturated carbocycles. The maximum absolute atomic E-state index is 13.4. The van der Waals surface area contributed by atoms with Crippen molar-refractivity contribution in [3.05, 3.63) is 100 Å². The van der Waals surface area contributed by atoms with Gasteiger partial charge in [0, 0.05) is 12.1 Å². The van der Waals surface area contributed by atoms with Gasteiger partial charge in [-0.2, -0.15) is 0 Å². The van der Waals surface area contributed by atoms with Gasteiger partial charge in [-0.25, -0.2) is 0 Å². The van der Waals surface area contributed by atoms with Crippen molar-refractivity contribution in [2.45, 2.75) is 53.6 Å². The van der Waals surface area contributed by atoms with Crippen molar-refractivity contribution in [3.63, 3.8) is 0 Å². The van der Waals surface area contributed by atoms with Crippen LogP contribution < -0.4 is 9.47 Å². The van der Waals surface area contributed by atoms with Gasteiger partial charge in [0.25, 0.3) is 11.7 Å². The normalized spacial score (nSPS) is 16.7. The average Bonchev–Trinajstić information content (AvgIpc) is 3.16. The third-order valence-corrected chi connectivity index (χ3v) is 6.67. The van der Waals surface area contributed by atoms with Crippen LogP contribution in [0.25, 0.3) is 5.76 Å². The Morgan fingerprint density at radius 1 is 0.974 bits per heavy atom. The van der Waals surface area contributed by atoms with Gasteiger partial charge in [-0.05, 0) is 73.2 Å². The molecule has 3 aromatic carbocycles. The highest BCUT2D eigenvalue weighted by Gasteiger charge is 2.46. The van der Waals surface area contributed by atoms with Crippen LogP contribution in [0.4, 0.5) is 0 Å². The number of aliphatic hydroxyl groups is 1. The first-order valence-electron chi connectivity index (χ1n) is 13.5. The molecule has 0 radical (unpaired) electrons. The number of carbonyl (C=O) groups excluding carboxylic acids is 2. The first kappa shape index (κ1) is 28.0. The Kier molecular flexibility index (Phi) is 8.75. The Morgan fingerprint density at radius 2 is 1.72 bits per heavy atom. The molecule has 1 saturated heterocycles. The van der Waals surface area contributed by atoms with E-state index in [-0.39, 0.29) is 17.9 Å². The molecule has 0 aliphatic carbocycles. The average molecular weight is 528 g/mol. The van der Waals surface area contributed by atoms with Gasteiger partial charge in [0.2, 0.25) is 0 Å². The molecular formula is C33H37NO5. The number of aryl methyl sites for hydroxylation is 2. The number of hydrogen-bond donors (Lipinski definition) is 1. The number of amides is 1. The Hall–Kier alpha value is -4.06. The van der Waals surface area contributed by atoms with E-state index in [1.165, 1.54) is 4.90 Å². The Balaban J connectivity index is 1.72. The molecule has 6 heteroatoms. The summed E-state index contributed by atoms with van der Waals surface area (Å²) in [4.78, 5) is 28.4. The van der Waals surface area contributed by atoms with E-state index < -0.39 is 17.7 Å². The minimum absolute atomic E-state index is 0.0871. The lowest BCUT2D eigenvalue weighted by molar-refractivity contribution is -0.140. The second-order valence-electron chi connectivity index (χ2n) is 10.5. The molecule has 1 N–H and O–H groups in total. The first-order chi connectivity index (χ1) is 18.7. The fourth-order valence-corrected chi connectivity index (χ4v) is 4.71. The van der Waals surface area contributed by atoms with Crippen molar-refractivity contribution in [3.8, 4) is 11.5 Å². The van der Waals surface area contributed by atoms with E-state index in [1.54, 1.807) is 18.2 Å². The number of aliphatic hydroxyl groups excluding tert-OH is 1. The highest BCUT2D eigenvalue weighted by Crippen LogP contribution is 2.41. The van der Waals surface area contributed by atoms with Crippen LogP contribution in [-0.2, 0) is 16.1 Å². The summed E-state index contributed by atoms with van der Waals surface area (Å²) in [5, 5.41) is 11.4. The topological polar surface area (TPSA) is 76.1 Å². The zero-order valence-electron chi connectivity index (χ0n) is 23.4. The van der Waals surface area contributed by atoms with E-state index in [1.807, 2.05) is 69.3 Å². The van der Waals surface area contributed by atoms with Gasteiger partial charge in [-0.1, -0.05) is 62.7 Å². The molecular weight excluding hydrogens is 490 g/mol. The lowest BCUT2D eigenvalue weighted by Gasteiger charge is -2.26. The van der Waals surface area contributed by atoms with Crippen LogP contribution in [0, 0.1) is 19.8 Å². The SMILES string of the molecule is CCCOc1ccc(/C(O)=C2/C(=O)C(=O)N(Cc3ccc(OCC(C)C)cc3)C2c2cccc(C)c2)cc1C. The zero-order chi connectivity index (χ0) is 28.1. The number of ether oxygens (including phenoxy) is 2. The number of benzene rings is 3. The summed E-state index contributed by atoms with van der Waals surface area (Å²) in [5.41, 5.74) is 4.03. The van der Waals surface area contributed by atoms with Crippen molar-refractivity contribution in [1.29, 1.82) is 0 Å². The number of ketones is 1. The van der Waals surface area contributed by atoms with Crippen LogP contribution in [0.1, 0.15) is 61.1 Å². The molecule has 1 atom stereocenters. The number of carbonyl (C=O) groups is 2. The van der Waals surface area contributed by atoms with Gasteiger partial charge in [0.05, 0.1) is 24.8 Å². The van der Waals surface area contributed by atoms with Gasteiger partial charge in [-0.15, -0.1) is 0 Å². The number of rotatable bonds is 10. The van der Waals surface area contributed by atoms with Crippen molar-refractivity contribution < 1.29 is 24.2 Å². The minimum Gasteiger partial charge on any atom is -0.507 e. The highest BCUT2D eigenvalue weighted by molar-refractivity contribution is 6.46. The smallest absolute Gasteiger partial charge is 0.295 e. The molecule has 39 heavy (non-hydrogen) atoms. The third-order valence-electron chi connectivity index (χ3n) is 6.67. The van der Waals surface area contributed by atoms with E-state index in [0.29, 0.717) is 24.7 Å². The summed E-state index contributed by atoms with van der Waals surface area (Å²) in [6.07, 6.45) is 0.884. The second-order valence-corrected chi connectivity index (χ2v) is 10.5. The van der Waals surface area contributed by atoms with E-state index in [2.05, 4.69) is 13.8 Å². The standard InChI is InChI=1S/C33H37NO5/c1-6-16-38-28-15-12-26(18-23(28)5)31(35)29-30(25-9-7-8-22(4)17-25)34(33(37)32(29)36)19-24-10-13-27(14-11-24)39-20-21(2)3/h7-15,17-18,21,30,35H,6,16,19-20H2,1-5H3/b31-29-. The van der Waals surface area contributed by atoms with Crippen molar-refractivity contribution in [1.82, 2.24) is 4.90 Å². The van der Waals surface area contributed by atoms with Gasteiger partial charge in [0.15, 0.2) is 0 Å². The van der Waals surface area contributed by atoms with Gasteiger partial charge in [0.1, 0.15) is 17.3 Å². The summed E-state index contributed by atoms with van der Waals surface area (Å²) in [6.45, 7) is 11.5. The van der Waals surface area contributed by atoms with Crippen LogP contribution >= 0.6 is 0 Å². The zero-order valence-corrected chi connectivity index (χ0v) is 23.4. The fourth-order valence-electron chi connectivity index (χ4n) is 4.71. The predicted molar refractivity (Wildman–Crippen MR) is 153 cm³/mol. The molecule has 204 valence electrons. The molecule has 0 bridgehead atoms. The number of nitrogens with zero attached hydrogens (tertiary/aromatic N) is 1. The number of Topliss-reactive ketones (excluding diaryl/α,β-unsaturated/α-hetero) is 1. The molecule has 1 heterocycles. The molecule has 1 fully saturated rings. The highest BCUT2D eigenvalue weighted by atomic mass is 16.5. The van der Waals surface area contributed by atoms with Crippen molar-refractivity contribution in [2.75, 3.05) is 13.2 Å². The second kappa shape index (κ2) is 12.2. The molecule has 6 nitrogen and oxygen atoms in total. The van der Waals surface area contributed by atoms with Gasteiger partial charge in [-0.3, -0.25) is 9.59 Å². The maximum Gasteiger partial charge on any atom is 0.295 e. The molecule has 1 amide bonds. The van der Waals surface area contributed by atoms with Crippen LogP contribution in [0.2, 0.25) is 0 Å². The predicted octanol–water partition coefficient (Wildman–Crippen LogP) is 6.75. The van der Waals surface area contributed by atoms with Crippen molar-refractivity contribution in [2.24, 2.45) is 5.92 Å². The molecule has 1 aliphatic rings. The molecule has 0 spiro atoms. The van der Waals surface area contributed by atoms with E-state index >= 15 is 0 Å². The summed E-state index contributed by atoms with van der Waals surface area (Å²) in [7, 11) is 0. The van der Waals surface area contributed by atoms with E-state index in [9.17, 15) is 14.7 Å². The lowest BCUT2D eigenvalue weighted by atomic mass is 9.94.